The van der Waals surface area contributed by atoms with Crippen molar-refractivity contribution in [3.8, 4) is 11.8 Å². The maximum absolute atomic E-state index is 12.2. The molecule has 2 aromatic heterocycles. The Morgan fingerprint density at radius 3 is 3.10 bits per heavy atom. The number of nitrogens with zero attached hydrogens (tertiary/aromatic N) is 2. The second-order valence-electron chi connectivity index (χ2n) is 4.48. The Kier molecular flexibility index (Phi) is 5.50. The smallest absolute Gasteiger partial charge is 0.255 e. The molecule has 0 aliphatic carbocycles. The second kappa shape index (κ2) is 7.58. The van der Waals surface area contributed by atoms with Gasteiger partial charge >= 0.3 is 0 Å². The molecule has 0 atom stereocenters. The predicted octanol–water partition coefficient (Wildman–Crippen LogP) is 2.15. The normalized spacial score (nSPS) is 9.81. The van der Waals surface area contributed by atoms with Crippen LogP contribution in [0.4, 0.5) is 0 Å². The zero-order chi connectivity index (χ0) is 15.1. The van der Waals surface area contributed by atoms with E-state index in [0.717, 1.165) is 10.4 Å². The van der Waals surface area contributed by atoms with Crippen molar-refractivity contribution in [3.63, 3.8) is 0 Å². The van der Waals surface area contributed by atoms with Crippen LogP contribution in [0.2, 0.25) is 0 Å². The van der Waals surface area contributed by atoms with Crippen LogP contribution < -0.4 is 0 Å². The SMILES string of the molecule is CN(Cc1cc(C#CCCO)cs1)C(=O)c1cccnc1. The van der Waals surface area contributed by atoms with Gasteiger partial charge in [0, 0.05) is 41.7 Å². The third kappa shape index (κ3) is 4.42. The largest absolute Gasteiger partial charge is 0.395 e. The van der Waals surface area contributed by atoms with Gasteiger partial charge in [-0.05, 0) is 18.2 Å². The summed E-state index contributed by atoms with van der Waals surface area (Å²) in [6, 6.07) is 5.48. The molecule has 0 aliphatic rings. The molecule has 0 bridgehead atoms. The molecule has 2 aromatic rings. The van der Waals surface area contributed by atoms with E-state index in [4.69, 9.17) is 5.11 Å². The minimum Gasteiger partial charge on any atom is -0.395 e. The summed E-state index contributed by atoms with van der Waals surface area (Å²) in [5.74, 6) is 5.82. The topological polar surface area (TPSA) is 53.4 Å². The van der Waals surface area contributed by atoms with Crippen molar-refractivity contribution in [1.82, 2.24) is 9.88 Å². The minimum absolute atomic E-state index is 0.0515. The first kappa shape index (κ1) is 15.2. The highest BCUT2D eigenvalue weighted by Crippen LogP contribution is 2.16. The van der Waals surface area contributed by atoms with E-state index < -0.39 is 0 Å². The van der Waals surface area contributed by atoms with E-state index >= 15 is 0 Å². The van der Waals surface area contributed by atoms with Crippen molar-refractivity contribution >= 4 is 17.2 Å². The molecular formula is C16H16N2O2S. The number of amides is 1. The molecular weight excluding hydrogens is 284 g/mol. The number of pyridine rings is 1. The minimum atomic E-state index is -0.0515. The van der Waals surface area contributed by atoms with Crippen LogP contribution in [0, 0.1) is 11.8 Å². The maximum atomic E-state index is 12.2. The van der Waals surface area contributed by atoms with E-state index in [9.17, 15) is 4.79 Å². The highest BCUT2D eigenvalue weighted by Gasteiger charge is 2.12. The van der Waals surface area contributed by atoms with Crippen LogP contribution >= 0.6 is 11.3 Å². The second-order valence-corrected chi connectivity index (χ2v) is 5.48. The molecule has 0 saturated heterocycles. The van der Waals surface area contributed by atoms with Gasteiger partial charge in [0.15, 0.2) is 0 Å². The molecule has 0 spiro atoms. The van der Waals surface area contributed by atoms with Crippen molar-refractivity contribution in [1.29, 1.82) is 0 Å². The molecule has 0 unspecified atom stereocenters. The Hall–Kier alpha value is -2.16. The van der Waals surface area contributed by atoms with Crippen LogP contribution in [-0.4, -0.2) is 34.6 Å². The molecule has 0 aromatic carbocycles. The van der Waals surface area contributed by atoms with Gasteiger partial charge in [0.2, 0.25) is 0 Å². The fraction of sp³-hybridized carbons (Fsp3) is 0.250. The Morgan fingerprint density at radius 1 is 1.52 bits per heavy atom. The third-order valence-electron chi connectivity index (χ3n) is 2.77. The zero-order valence-corrected chi connectivity index (χ0v) is 12.6. The summed E-state index contributed by atoms with van der Waals surface area (Å²) < 4.78 is 0. The zero-order valence-electron chi connectivity index (χ0n) is 11.7. The molecule has 1 N–H and O–H groups in total. The first-order valence-corrected chi connectivity index (χ1v) is 7.41. The number of hydrogen-bond acceptors (Lipinski definition) is 4. The van der Waals surface area contributed by atoms with Crippen LogP contribution in [0.3, 0.4) is 0 Å². The maximum Gasteiger partial charge on any atom is 0.255 e. The lowest BCUT2D eigenvalue weighted by molar-refractivity contribution is 0.0786. The Bertz CT molecular complexity index is 656. The van der Waals surface area contributed by atoms with Crippen molar-refractivity contribution < 1.29 is 9.90 Å². The van der Waals surface area contributed by atoms with E-state index in [0.29, 0.717) is 18.5 Å². The van der Waals surface area contributed by atoms with Gasteiger partial charge in [0.05, 0.1) is 18.7 Å². The summed E-state index contributed by atoms with van der Waals surface area (Å²) in [6.07, 6.45) is 3.69. The molecule has 0 fully saturated rings. The van der Waals surface area contributed by atoms with E-state index in [1.54, 1.807) is 47.8 Å². The number of thiophene rings is 1. The molecule has 4 nitrogen and oxygen atoms in total. The average Bonchev–Trinajstić information content (AvgIpc) is 2.95. The highest BCUT2D eigenvalue weighted by atomic mass is 32.1. The summed E-state index contributed by atoms with van der Waals surface area (Å²) in [4.78, 5) is 18.9. The predicted molar refractivity (Wildman–Crippen MR) is 82.9 cm³/mol. The quantitative estimate of drug-likeness (QED) is 0.880. The number of carbonyl (C=O) groups excluding carboxylic acids is 1. The Labute approximate surface area is 128 Å². The lowest BCUT2D eigenvalue weighted by atomic mass is 10.2. The van der Waals surface area contributed by atoms with Gasteiger partial charge in [-0.25, -0.2) is 0 Å². The lowest BCUT2D eigenvalue weighted by Gasteiger charge is -2.15. The lowest BCUT2D eigenvalue weighted by Crippen LogP contribution is -2.25. The van der Waals surface area contributed by atoms with E-state index in [2.05, 4.69) is 16.8 Å². The standard InChI is InChI=1S/C16H16N2O2S/c1-18(16(20)14-6-4-7-17-10-14)11-15-9-13(12-21-15)5-2-3-8-19/h4,6-7,9-10,12,19H,3,8,11H2,1H3. The van der Waals surface area contributed by atoms with Gasteiger partial charge in [-0.1, -0.05) is 11.8 Å². The number of aliphatic hydroxyl groups is 1. The van der Waals surface area contributed by atoms with Gasteiger partial charge in [0.25, 0.3) is 5.91 Å². The van der Waals surface area contributed by atoms with E-state index in [1.807, 2.05) is 11.4 Å². The fourth-order valence-electron chi connectivity index (χ4n) is 1.76. The number of hydrogen-bond donors (Lipinski definition) is 1. The van der Waals surface area contributed by atoms with Crippen LogP contribution in [0.15, 0.2) is 36.0 Å². The number of aromatic nitrogens is 1. The first-order chi connectivity index (χ1) is 10.2. The Morgan fingerprint density at radius 2 is 2.38 bits per heavy atom. The van der Waals surface area contributed by atoms with Gasteiger partial charge in [0.1, 0.15) is 0 Å². The Balaban J connectivity index is 1.99. The van der Waals surface area contributed by atoms with Crippen molar-refractivity contribution in [2.75, 3.05) is 13.7 Å². The van der Waals surface area contributed by atoms with Crippen LogP contribution in [0.25, 0.3) is 0 Å². The van der Waals surface area contributed by atoms with Crippen LogP contribution in [0.1, 0.15) is 27.2 Å². The summed E-state index contributed by atoms with van der Waals surface area (Å²) in [5.41, 5.74) is 1.50. The number of aliphatic hydroxyl groups excluding tert-OH is 1. The van der Waals surface area contributed by atoms with E-state index in [-0.39, 0.29) is 12.5 Å². The molecule has 5 heteroatoms. The molecule has 0 radical (unpaired) electrons. The van der Waals surface area contributed by atoms with Gasteiger partial charge in [-0.2, -0.15) is 0 Å². The third-order valence-corrected chi connectivity index (χ3v) is 3.69. The van der Waals surface area contributed by atoms with Gasteiger partial charge in [-0.15, -0.1) is 11.3 Å². The first-order valence-electron chi connectivity index (χ1n) is 6.53. The molecule has 21 heavy (non-hydrogen) atoms. The van der Waals surface area contributed by atoms with Crippen LogP contribution in [-0.2, 0) is 6.54 Å². The fourth-order valence-corrected chi connectivity index (χ4v) is 2.63. The summed E-state index contributed by atoms with van der Waals surface area (Å²) >= 11 is 1.57. The molecule has 1 amide bonds. The summed E-state index contributed by atoms with van der Waals surface area (Å²) in [5, 5.41) is 10.6. The molecule has 0 aliphatic heterocycles. The summed E-state index contributed by atoms with van der Waals surface area (Å²) in [6.45, 7) is 0.617. The monoisotopic (exact) mass is 300 g/mol. The van der Waals surface area contributed by atoms with Gasteiger partial charge < -0.3 is 10.0 Å². The van der Waals surface area contributed by atoms with Crippen LogP contribution in [0.5, 0.6) is 0 Å². The molecule has 2 rings (SSSR count). The molecule has 2 heterocycles. The molecule has 0 saturated carbocycles. The average molecular weight is 300 g/mol. The van der Waals surface area contributed by atoms with Gasteiger partial charge in [-0.3, -0.25) is 9.78 Å². The number of rotatable bonds is 4. The van der Waals surface area contributed by atoms with Crippen molar-refractivity contribution in [3.05, 3.63) is 52.0 Å². The van der Waals surface area contributed by atoms with Crippen molar-refractivity contribution in [2.45, 2.75) is 13.0 Å². The van der Waals surface area contributed by atoms with Crippen molar-refractivity contribution in [2.24, 2.45) is 0 Å². The number of carbonyl (C=O) groups is 1. The summed E-state index contributed by atoms with van der Waals surface area (Å²) in [7, 11) is 1.77. The highest BCUT2D eigenvalue weighted by molar-refractivity contribution is 7.10. The van der Waals surface area contributed by atoms with E-state index in [1.165, 1.54) is 0 Å². The molecule has 108 valence electrons.